The molecule has 0 aliphatic rings. The molecule has 0 fully saturated rings. The third-order valence-electron chi connectivity index (χ3n) is 16.0. The maximum Gasteiger partial charge on any atom is 0.128 e. The van der Waals surface area contributed by atoms with Gasteiger partial charge in [-0.25, -0.2) is 0 Å². The summed E-state index contributed by atoms with van der Waals surface area (Å²) in [5.74, 6) is 0. The van der Waals surface area contributed by atoms with E-state index in [-0.39, 0.29) is 0 Å². The van der Waals surface area contributed by atoms with Gasteiger partial charge >= 0.3 is 0 Å². The average molecular weight is 1000 g/mol. The summed E-state index contributed by atoms with van der Waals surface area (Å²) in [5, 5.41) is 0. The molecule has 0 aliphatic carbocycles. The lowest BCUT2D eigenvalue weighted by atomic mass is 9.82. The molecule has 0 unspecified atom stereocenters. The lowest BCUT2D eigenvalue weighted by Crippen LogP contribution is -2.55. The van der Waals surface area contributed by atoms with Crippen molar-refractivity contribution in [3.05, 3.63) is 33.4 Å². The van der Waals surface area contributed by atoms with Crippen molar-refractivity contribution in [2.45, 2.75) is 52.9 Å². The van der Waals surface area contributed by atoms with Crippen molar-refractivity contribution in [2.24, 2.45) is 0 Å². The quantitative estimate of drug-likeness (QED) is 0.0909. The fourth-order valence-corrected chi connectivity index (χ4v) is 9.63. The molecular weight excluding hydrogens is 865 g/mol. The van der Waals surface area contributed by atoms with Gasteiger partial charge in [-0.2, -0.15) is 0 Å². The highest BCUT2D eigenvalue weighted by Crippen LogP contribution is 2.36. The van der Waals surface area contributed by atoms with E-state index in [2.05, 4.69) is 211 Å². The van der Waals surface area contributed by atoms with Crippen molar-refractivity contribution < 1.29 is 53.8 Å². The molecule has 12 heteroatoms. The van der Waals surface area contributed by atoms with E-state index in [1.54, 1.807) is 33.4 Å². The fourth-order valence-electron chi connectivity index (χ4n) is 9.63. The molecule has 0 radical (unpaired) electrons. The largest absolute Gasteiger partial charge is 0.326 e. The second-order valence-electron chi connectivity index (χ2n) is 32.4. The molecule has 0 saturated carbocycles. The Morgan fingerprint density at radius 1 is 0.171 bits per heavy atom. The van der Waals surface area contributed by atoms with Crippen molar-refractivity contribution in [3.63, 3.8) is 0 Å². The first-order valence-electron chi connectivity index (χ1n) is 27.9. The Kier molecular flexibility index (Phi) is 23.5. The minimum Gasteiger partial charge on any atom is -0.326 e. The molecule has 0 heterocycles. The zero-order chi connectivity index (χ0) is 55.0. The molecule has 0 atom stereocenters. The summed E-state index contributed by atoms with van der Waals surface area (Å²) in [4.78, 5) is 0. The van der Waals surface area contributed by atoms with Crippen LogP contribution in [0.1, 0.15) is 47.2 Å². The van der Waals surface area contributed by atoms with Gasteiger partial charge in [-0.15, -0.1) is 0 Å². The third-order valence-corrected chi connectivity index (χ3v) is 16.0. The summed E-state index contributed by atoms with van der Waals surface area (Å²) in [6.45, 7) is 28.2. The topological polar surface area (TPSA) is 0 Å². The van der Waals surface area contributed by atoms with E-state index in [9.17, 15) is 0 Å². The van der Waals surface area contributed by atoms with Crippen LogP contribution in [0.3, 0.4) is 0 Å². The van der Waals surface area contributed by atoms with Crippen LogP contribution in [-0.4, -0.2) is 356 Å². The van der Waals surface area contributed by atoms with E-state index >= 15 is 0 Å². The van der Waals surface area contributed by atoms with Crippen LogP contribution >= 0.6 is 0 Å². The number of hydrogen-bond acceptors (Lipinski definition) is 0. The normalized spacial score (nSPS) is 14.8. The summed E-state index contributed by atoms with van der Waals surface area (Å²) >= 11 is 0. The Bertz CT molecular complexity index is 1490. The molecule has 0 amide bonds. The Balaban J connectivity index is 4.27. The summed E-state index contributed by atoms with van der Waals surface area (Å²) < 4.78 is 12.4. The first-order valence-corrected chi connectivity index (χ1v) is 27.9. The standard InChI is InChI=1S/C58H134N12/c1-31-53-55(49-67(23,24)45-41-63(15,16)37-33-59(3,4)5)57(51-69(27,28)47-43-65(19,20)39-35-61(9,10)11)54(32-2)58(52-70(29,30)48-44-66(21,22)40-36-62(12,13)14)56(53)50-68(25,26)46-42-64(17,18)38-34-60(6,7)8/h31-52H2,1-30H3/q+12. The molecule has 0 saturated heterocycles. The van der Waals surface area contributed by atoms with E-state index in [0.29, 0.717) is 0 Å². The van der Waals surface area contributed by atoms with Crippen LogP contribution in [0.5, 0.6) is 0 Å². The number of quaternary nitrogens is 12. The van der Waals surface area contributed by atoms with Crippen molar-refractivity contribution >= 4 is 0 Å². The van der Waals surface area contributed by atoms with Gasteiger partial charge in [0.05, 0.1) is 197 Å². The number of rotatable bonds is 34. The first-order chi connectivity index (χ1) is 30.9. The highest BCUT2D eigenvalue weighted by Gasteiger charge is 2.37. The smallest absolute Gasteiger partial charge is 0.128 e. The number of hydrogen-bond donors (Lipinski definition) is 0. The van der Waals surface area contributed by atoms with E-state index in [4.69, 9.17) is 0 Å². The van der Waals surface area contributed by atoms with Gasteiger partial charge in [-0.3, -0.25) is 0 Å². The van der Waals surface area contributed by atoms with E-state index in [0.717, 1.165) is 119 Å². The lowest BCUT2D eigenvalue weighted by molar-refractivity contribution is -0.969. The molecule has 0 spiro atoms. The van der Waals surface area contributed by atoms with Crippen LogP contribution in [-0.2, 0) is 39.0 Å². The fraction of sp³-hybridized carbons (Fsp3) is 0.897. The Hall–Kier alpha value is -1.26. The molecule has 0 bridgehead atoms. The number of likely N-dealkylation sites (N-methyl/N-ethyl adjacent to an activating group) is 12. The Labute approximate surface area is 440 Å². The van der Waals surface area contributed by atoms with Gasteiger partial charge in [0.2, 0.25) is 0 Å². The minimum atomic E-state index is 1.01. The van der Waals surface area contributed by atoms with Crippen molar-refractivity contribution in [2.75, 3.05) is 302 Å². The summed E-state index contributed by atoms with van der Waals surface area (Å²) in [5.41, 5.74) is 10.1. The maximum atomic E-state index is 2.55. The molecular formula is C58H134N12+12. The van der Waals surface area contributed by atoms with Gasteiger partial charge in [0, 0.05) is 22.3 Å². The van der Waals surface area contributed by atoms with Gasteiger partial charge in [0.15, 0.2) is 0 Å². The second kappa shape index (κ2) is 24.6. The second-order valence-corrected chi connectivity index (χ2v) is 32.4. The molecule has 0 N–H and O–H groups in total. The van der Waals surface area contributed by atoms with Crippen LogP contribution in [0.2, 0.25) is 0 Å². The van der Waals surface area contributed by atoms with Crippen molar-refractivity contribution in [1.82, 2.24) is 0 Å². The molecule has 1 aromatic rings. The van der Waals surface area contributed by atoms with Crippen molar-refractivity contribution in [3.8, 4) is 0 Å². The molecule has 1 aromatic carbocycles. The maximum absolute atomic E-state index is 2.55. The molecule has 0 aliphatic heterocycles. The highest BCUT2D eigenvalue weighted by atomic mass is 15.4. The third kappa shape index (κ3) is 27.3. The minimum absolute atomic E-state index is 1.01. The van der Waals surface area contributed by atoms with Crippen molar-refractivity contribution in [1.29, 1.82) is 0 Å². The van der Waals surface area contributed by atoms with Gasteiger partial charge in [0.25, 0.3) is 0 Å². The van der Waals surface area contributed by atoms with Crippen LogP contribution < -0.4 is 0 Å². The number of nitrogens with zero attached hydrogens (tertiary/aromatic N) is 12. The lowest BCUT2D eigenvalue weighted by Gasteiger charge is -2.41. The van der Waals surface area contributed by atoms with E-state index < -0.39 is 0 Å². The van der Waals surface area contributed by atoms with Crippen LogP contribution in [0, 0.1) is 0 Å². The van der Waals surface area contributed by atoms with E-state index in [1.165, 1.54) is 78.5 Å². The Morgan fingerprint density at radius 2 is 0.300 bits per heavy atom. The monoisotopic (exact) mass is 999 g/mol. The van der Waals surface area contributed by atoms with Gasteiger partial charge in [0.1, 0.15) is 131 Å². The van der Waals surface area contributed by atoms with Crippen LogP contribution in [0.25, 0.3) is 0 Å². The Morgan fingerprint density at radius 3 is 0.429 bits per heavy atom. The van der Waals surface area contributed by atoms with E-state index in [1.807, 2.05) is 0 Å². The molecule has 12 nitrogen and oxygen atoms in total. The van der Waals surface area contributed by atoms with Gasteiger partial charge in [-0.05, 0) is 24.0 Å². The summed E-state index contributed by atoms with van der Waals surface area (Å²) in [7, 11) is 68.2. The predicted octanol–water partition coefficient (Wildman–Crippen LogP) is 4.25. The average Bonchev–Trinajstić information content (AvgIpc) is 3.16. The zero-order valence-electron chi connectivity index (χ0n) is 53.9. The summed E-state index contributed by atoms with van der Waals surface area (Å²) in [6, 6.07) is 0. The molecule has 1 rings (SSSR count). The van der Waals surface area contributed by atoms with Crippen LogP contribution in [0.15, 0.2) is 0 Å². The molecule has 0 aromatic heterocycles. The SMILES string of the molecule is CCc1c(C[N+](C)(C)CC[N+](C)(C)CC[N+](C)(C)C)c(C[N+](C)(C)CC[N+](C)(C)CC[N+](C)(C)C)c(CC)c(C[N+](C)(C)CC[N+](C)(C)CC[N+](C)(C)C)c1C[N+](C)(C)CC[N+](C)(C)CC[N+](C)(C)C. The number of benzene rings is 1. The summed E-state index contributed by atoms with van der Waals surface area (Å²) in [6.07, 6.45) is 2.16. The molecule has 414 valence electrons. The van der Waals surface area contributed by atoms with Gasteiger partial charge in [-0.1, -0.05) is 13.8 Å². The predicted molar refractivity (Wildman–Crippen MR) is 307 cm³/mol. The highest BCUT2D eigenvalue weighted by molar-refractivity contribution is 5.52. The first kappa shape index (κ1) is 66.8. The molecule has 70 heavy (non-hydrogen) atoms. The zero-order valence-corrected chi connectivity index (χ0v) is 53.9. The van der Waals surface area contributed by atoms with Crippen LogP contribution in [0.4, 0.5) is 0 Å². The van der Waals surface area contributed by atoms with Gasteiger partial charge < -0.3 is 53.8 Å².